The number of hydrogen-bond donors (Lipinski definition) is 0. The van der Waals surface area contributed by atoms with Gasteiger partial charge in [-0.3, -0.25) is 19.3 Å². The van der Waals surface area contributed by atoms with Crippen molar-refractivity contribution in [2.45, 2.75) is 6.54 Å². The molecule has 2 aromatic carbocycles. The van der Waals surface area contributed by atoms with Gasteiger partial charge in [0.1, 0.15) is 18.9 Å². The van der Waals surface area contributed by atoms with Crippen molar-refractivity contribution < 1.29 is 23.9 Å². The zero-order valence-electron chi connectivity index (χ0n) is 19.7. The van der Waals surface area contributed by atoms with Crippen molar-refractivity contribution in [2.75, 3.05) is 39.5 Å². The summed E-state index contributed by atoms with van der Waals surface area (Å²) < 4.78 is 14.1. The molecule has 0 N–H and O–H groups in total. The molecule has 2 aliphatic rings. The predicted octanol–water partition coefficient (Wildman–Crippen LogP) is 5.03. The van der Waals surface area contributed by atoms with Crippen LogP contribution in [-0.2, 0) is 20.9 Å². The lowest BCUT2D eigenvalue weighted by Crippen LogP contribution is -2.46. The van der Waals surface area contributed by atoms with Gasteiger partial charge in [0.15, 0.2) is 0 Å². The van der Waals surface area contributed by atoms with E-state index in [0.29, 0.717) is 50.2 Å². The average molecular weight is 605 g/mol. The highest BCUT2D eigenvalue weighted by atomic mass is 79.9. The summed E-state index contributed by atoms with van der Waals surface area (Å²) in [6.45, 7) is 2.50. The molecule has 0 saturated carbocycles. The van der Waals surface area contributed by atoms with Gasteiger partial charge in [0.25, 0.3) is 11.1 Å². The van der Waals surface area contributed by atoms with Crippen LogP contribution in [0, 0.1) is 0 Å². The summed E-state index contributed by atoms with van der Waals surface area (Å²) in [6.07, 6.45) is 3.64. The Bertz CT molecular complexity index is 1400. The third kappa shape index (κ3) is 5.72. The molecule has 5 rings (SSSR count). The molecule has 11 heteroatoms. The Kier molecular flexibility index (Phi) is 7.89. The Morgan fingerprint density at radius 2 is 1.95 bits per heavy atom. The molecular formula is C26H23BrClN3O5S. The van der Waals surface area contributed by atoms with Crippen LogP contribution in [0.4, 0.5) is 4.79 Å². The highest BCUT2D eigenvalue weighted by Crippen LogP contribution is 2.35. The van der Waals surface area contributed by atoms with Crippen molar-refractivity contribution in [3.05, 3.63) is 68.6 Å². The zero-order valence-corrected chi connectivity index (χ0v) is 22.9. The van der Waals surface area contributed by atoms with Gasteiger partial charge < -0.3 is 18.9 Å². The molecule has 0 unspecified atom stereocenters. The molecule has 3 amide bonds. The van der Waals surface area contributed by atoms with Crippen LogP contribution in [0.5, 0.6) is 5.75 Å². The first-order chi connectivity index (χ1) is 17.9. The van der Waals surface area contributed by atoms with Crippen molar-refractivity contribution in [3.8, 4) is 5.75 Å². The minimum absolute atomic E-state index is 0.258. The number of thioether (sulfide) groups is 1. The fourth-order valence-electron chi connectivity index (χ4n) is 4.24. The van der Waals surface area contributed by atoms with Crippen LogP contribution in [0.15, 0.2) is 58.0 Å². The third-order valence-corrected chi connectivity index (χ3v) is 7.83. The van der Waals surface area contributed by atoms with Crippen LogP contribution in [0.1, 0.15) is 5.56 Å². The number of carbonyl (C=O) groups is 3. The van der Waals surface area contributed by atoms with E-state index in [1.54, 1.807) is 17.0 Å². The lowest BCUT2D eigenvalue weighted by atomic mass is 10.1. The van der Waals surface area contributed by atoms with Gasteiger partial charge in [-0.15, -0.1) is 0 Å². The van der Waals surface area contributed by atoms with Crippen LogP contribution in [0.3, 0.4) is 0 Å². The number of nitrogens with zero attached hydrogens (tertiary/aromatic N) is 3. The maximum Gasteiger partial charge on any atom is 0.294 e. The molecule has 3 heterocycles. The van der Waals surface area contributed by atoms with Crippen LogP contribution in [0.25, 0.3) is 17.0 Å². The average Bonchev–Trinajstić information content (AvgIpc) is 3.36. The van der Waals surface area contributed by atoms with E-state index in [0.717, 1.165) is 37.6 Å². The number of benzene rings is 2. The Morgan fingerprint density at radius 1 is 1.16 bits per heavy atom. The number of morpholine rings is 1. The lowest BCUT2D eigenvalue weighted by molar-refractivity contribution is -0.139. The van der Waals surface area contributed by atoms with E-state index in [4.69, 9.17) is 21.1 Å². The molecule has 2 saturated heterocycles. The second kappa shape index (κ2) is 11.3. The number of carbonyl (C=O) groups excluding carboxylic acids is 3. The molecule has 192 valence electrons. The molecule has 2 aliphatic heterocycles. The molecule has 0 radical (unpaired) electrons. The summed E-state index contributed by atoms with van der Waals surface area (Å²) in [6, 6.07) is 13.2. The normalized spacial score (nSPS) is 17.3. The van der Waals surface area contributed by atoms with Gasteiger partial charge in [0.2, 0.25) is 5.91 Å². The van der Waals surface area contributed by atoms with Gasteiger partial charge >= 0.3 is 0 Å². The predicted molar refractivity (Wildman–Crippen MR) is 147 cm³/mol. The molecule has 37 heavy (non-hydrogen) atoms. The van der Waals surface area contributed by atoms with Crippen LogP contribution in [-0.4, -0.2) is 70.9 Å². The van der Waals surface area contributed by atoms with Crippen LogP contribution < -0.4 is 4.74 Å². The molecule has 0 spiro atoms. The van der Waals surface area contributed by atoms with Gasteiger partial charge in [-0.05, 0) is 48.2 Å². The Labute approximate surface area is 231 Å². The molecule has 0 aliphatic carbocycles. The number of amides is 3. The first kappa shape index (κ1) is 25.8. The van der Waals surface area contributed by atoms with Crippen molar-refractivity contribution in [1.82, 2.24) is 14.4 Å². The number of imide groups is 1. The Morgan fingerprint density at radius 3 is 2.73 bits per heavy atom. The van der Waals surface area contributed by atoms with E-state index in [1.165, 1.54) is 0 Å². The number of fused-ring (bicyclic) bond motifs is 1. The largest absolute Gasteiger partial charge is 0.490 e. The Hall–Kier alpha value is -2.79. The van der Waals surface area contributed by atoms with Gasteiger partial charge in [-0.1, -0.05) is 39.7 Å². The minimum atomic E-state index is -0.463. The summed E-state index contributed by atoms with van der Waals surface area (Å²) in [5.41, 5.74) is 1.75. The maximum absolute atomic E-state index is 13.1. The number of para-hydroxylation sites is 1. The lowest BCUT2D eigenvalue weighted by Gasteiger charge is -2.28. The van der Waals surface area contributed by atoms with Gasteiger partial charge in [0, 0.05) is 40.2 Å². The minimum Gasteiger partial charge on any atom is -0.490 e. The van der Waals surface area contributed by atoms with E-state index >= 15 is 0 Å². The summed E-state index contributed by atoms with van der Waals surface area (Å²) in [5.74, 6) is -0.107. The van der Waals surface area contributed by atoms with Gasteiger partial charge in [0.05, 0.1) is 29.7 Å². The summed E-state index contributed by atoms with van der Waals surface area (Å²) in [4.78, 5) is 41.2. The second-order valence-corrected chi connectivity index (χ2v) is 10.8. The number of rotatable bonds is 7. The number of hydrogen-bond acceptors (Lipinski definition) is 6. The zero-order chi connectivity index (χ0) is 25.9. The molecule has 3 aromatic rings. The molecule has 0 bridgehead atoms. The second-order valence-electron chi connectivity index (χ2n) is 8.48. The molecule has 1 aromatic heterocycles. The first-order valence-electron chi connectivity index (χ1n) is 11.7. The van der Waals surface area contributed by atoms with Crippen molar-refractivity contribution in [2.24, 2.45) is 0 Å². The summed E-state index contributed by atoms with van der Waals surface area (Å²) in [5, 5.41) is 1.02. The highest BCUT2D eigenvalue weighted by Gasteiger charge is 2.37. The van der Waals surface area contributed by atoms with E-state index in [1.807, 2.05) is 47.2 Å². The number of aromatic nitrogens is 1. The summed E-state index contributed by atoms with van der Waals surface area (Å²) >= 11 is 10.6. The first-order valence-corrected chi connectivity index (χ1v) is 13.7. The molecule has 8 nitrogen and oxygen atoms in total. The SMILES string of the molecule is O=C(CN1C(=O)S/C(=C\c2cn(CCOc3ccccc3Cl)c3ccc(Br)cc23)C1=O)N1CCOCC1. The van der Waals surface area contributed by atoms with E-state index < -0.39 is 11.1 Å². The fourth-order valence-corrected chi connectivity index (χ4v) is 5.62. The monoisotopic (exact) mass is 603 g/mol. The summed E-state index contributed by atoms with van der Waals surface area (Å²) in [7, 11) is 0. The topological polar surface area (TPSA) is 81.1 Å². The standard InChI is InChI=1S/C26H23BrClN3O5S/c27-18-5-6-21-19(14-18)17(15-30(21)9-12-36-22-4-2-1-3-20(22)28)13-23-25(33)31(26(34)37-23)16-24(32)29-7-10-35-11-8-29/h1-6,13-15H,7-12,16H2/b23-13-. The number of ether oxygens (including phenoxy) is 2. The van der Waals surface area contributed by atoms with Crippen LogP contribution in [0.2, 0.25) is 5.02 Å². The van der Waals surface area contributed by atoms with Gasteiger partial charge in [-0.2, -0.15) is 0 Å². The van der Waals surface area contributed by atoms with E-state index in [9.17, 15) is 14.4 Å². The Balaban J connectivity index is 1.35. The molecule has 0 atom stereocenters. The third-order valence-electron chi connectivity index (χ3n) is 6.12. The van der Waals surface area contributed by atoms with Crippen molar-refractivity contribution in [1.29, 1.82) is 0 Å². The smallest absolute Gasteiger partial charge is 0.294 e. The fraction of sp³-hybridized carbons (Fsp3) is 0.269. The van der Waals surface area contributed by atoms with E-state index in [-0.39, 0.29) is 17.4 Å². The van der Waals surface area contributed by atoms with Crippen molar-refractivity contribution in [3.63, 3.8) is 0 Å². The maximum atomic E-state index is 13.1. The van der Waals surface area contributed by atoms with Crippen LogP contribution >= 0.6 is 39.3 Å². The highest BCUT2D eigenvalue weighted by molar-refractivity contribution is 9.10. The quantitative estimate of drug-likeness (QED) is 0.352. The number of halogens is 2. The van der Waals surface area contributed by atoms with E-state index in [2.05, 4.69) is 15.9 Å². The van der Waals surface area contributed by atoms with Crippen molar-refractivity contribution >= 4 is 73.3 Å². The molecule has 2 fully saturated rings. The van der Waals surface area contributed by atoms with Gasteiger partial charge in [-0.25, -0.2) is 0 Å². The molecular weight excluding hydrogens is 582 g/mol.